The van der Waals surface area contributed by atoms with E-state index in [1.807, 2.05) is 0 Å². The SMILES string of the molecule is CCCCCCCCCCCCOC(CCCCCCCCCCC[N+](CCCCCCCCCCCC)(CCCCCCCCCCCC)Cc1ccccc1)(OCCCCCCCCCCCC)OCCCCCCCCCCCC. The quantitative estimate of drug-likeness (QED) is 0.0370. The second-order valence-electron chi connectivity index (χ2n) is 27.2. The van der Waals surface area contributed by atoms with Crippen molar-refractivity contribution in [1.29, 1.82) is 0 Å². The molecule has 492 valence electrons. The van der Waals surface area contributed by atoms with E-state index in [1.54, 1.807) is 5.56 Å². The molecule has 83 heavy (non-hydrogen) atoms. The lowest BCUT2D eigenvalue weighted by Crippen LogP contribution is -2.49. The van der Waals surface area contributed by atoms with Crippen molar-refractivity contribution in [1.82, 2.24) is 0 Å². The van der Waals surface area contributed by atoms with Crippen LogP contribution in [0.2, 0.25) is 0 Å². The summed E-state index contributed by atoms with van der Waals surface area (Å²) in [4.78, 5) is 0. The number of hydrogen-bond donors (Lipinski definition) is 0. The van der Waals surface area contributed by atoms with Crippen LogP contribution in [0, 0.1) is 0 Å². The lowest BCUT2D eigenvalue weighted by Gasteiger charge is -2.39. The molecule has 0 aliphatic heterocycles. The Balaban J connectivity index is 2.84. The molecular formula is C79H154NO3+. The largest absolute Gasteiger partial charge is 0.327 e. The van der Waals surface area contributed by atoms with Crippen molar-refractivity contribution < 1.29 is 18.7 Å². The van der Waals surface area contributed by atoms with Crippen LogP contribution in [0.5, 0.6) is 0 Å². The number of rotatable bonds is 72. The van der Waals surface area contributed by atoms with Crippen molar-refractivity contribution in [3.8, 4) is 0 Å². The lowest BCUT2D eigenvalue weighted by atomic mass is 10.0. The van der Waals surface area contributed by atoms with Crippen LogP contribution in [0.1, 0.15) is 425 Å². The number of unbranched alkanes of at least 4 members (excludes halogenated alkanes) is 53. The maximum atomic E-state index is 6.89. The lowest BCUT2D eigenvalue weighted by molar-refractivity contribution is -0.941. The van der Waals surface area contributed by atoms with Crippen molar-refractivity contribution in [2.24, 2.45) is 0 Å². The van der Waals surface area contributed by atoms with E-state index in [0.717, 1.165) is 51.9 Å². The second kappa shape index (κ2) is 65.5. The fourth-order valence-electron chi connectivity index (χ4n) is 13.2. The van der Waals surface area contributed by atoms with E-state index < -0.39 is 5.97 Å². The van der Waals surface area contributed by atoms with Gasteiger partial charge in [-0.05, 0) is 64.2 Å². The van der Waals surface area contributed by atoms with Crippen molar-refractivity contribution in [3.05, 3.63) is 35.9 Å². The van der Waals surface area contributed by atoms with Gasteiger partial charge in [0.05, 0.1) is 39.5 Å². The summed E-state index contributed by atoms with van der Waals surface area (Å²) in [6.07, 6.45) is 81.8. The van der Waals surface area contributed by atoms with Gasteiger partial charge in [-0.2, -0.15) is 0 Å². The predicted molar refractivity (Wildman–Crippen MR) is 371 cm³/mol. The maximum Gasteiger partial charge on any atom is 0.282 e. The zero-order chi connectivity index (χ0) is 59.6. The topological polar surface area (TPSA) is 27.7 Å². The van der Waals surface area contributed by atoms with Crippen LogP contribution in [0.4, 0.5) is 0 Å². The molecule has 1 aromatic carbocycles. The summed E-state index contributed by atoms with van der Waals surface area (Å²) in [5.41, 5.74) is 1.56. The third kappa shape index (κ3) is 54.9. The molecule has 0 aliphatic rings. The standard InChI is InChI=1S/C79H154NO3/c1-6-11-16-21-26-31-38-45-52-62-71-80(77-78-68-59-58-60-69-78,72-63-53-46-39-32-27-22-17-12-7-2)73-64-54-47-40-36-37-44-51-61-70-79(81-74-65-55-48-41-33-28-23-18-13-8-3,82-75-66-56-49-42-34-29-24-19-14-9-4)83-76-67-57-50-43-35-30-25-20-15-10-5/h58-60,68-69H,6-57,61-67,70-77H2,1-5H3/q+1. The Bertz CT molecular complexity index is 1250. The number of hydrogen-bond acceptors (Lipinski definition) is 3. The number of quaternary nitrogens is 1. The fourth-order valence-corrected chi connectivity index (χ4v) is 13.2. The van der Waals surface area contributed by atoms with Crippen LogP contribution >= 0.6 is 0 Å². The van der Waals surface area contributed by atoms with Gasteiger partial charge in [-0.3, -0.25) is 0 Å². The number of benzene rings is 1. The summed E-state index contributed by atoms with van der Waals surface area (Å²) in [5.74, 6) is -0.868. The molecule has 0 unspecified atom stereocenters. The molecule has 0 amide bonds. The minimum absolute atomic E-state index is 0.761. The molecule has 0 saturated carbocycles. The van der Waals surface area contributed by atoms with E-state index in [0.29, 0.717) is 0 Å². The Morgan fingerprint density at radius 3 is 0.687 bits per heavy atom. The highest BCUT2D eigenvalue weighted by atomic mass is 16.9. The molecular weight excluding hydrogens is 1010 g/mol. The van der Waals surface area contributed by atoms with E-state index in [-0.39, 0.29) is 0 Å². The minimum atomic E-state index is -0.868. The molecule has 0 radical (unpaired) electrons. The summed E-state index contributed by atoms with van der Waals surface area (Å²) in [7, 11) is 0. The van der Waals surface area contributed by atoms with Gasteiger partial charge >= 0.3 is 0 Å². The monoisotopic (exact) mass is 1170 g/mol. The molecule has 1 rings (SSSR count). The van der Waals surface area contributed by atoms with Gasteiger partial charge < -0.3 is 18.7 Å². The van der Waals surface area contributed by atoms with Gasteiger partial charge in [0, 0.05) is 12.0 Å². The first kappa shape index (κ1) is 80.1. The van der Waals surface area contributed by atoms with Crippen LogP contribution in [0.25, 0.3) is 0 Å². The molecule has 0 spiro atoms. The van der Waals surface area contributed by atoms with Crippen LogP contribution in [-0.2, 0) is 20.8 Å². The number of nitrogens with zero attached hydrogens (tertiary/aromatic N) is 1. The Labute approximate surface area is 523 Å². The van der Waals surface area contributed by atoms with Crippen LogP contribution in [-0.4, -0.2) is 49.9 Å². The Morgan fingerprint density at radius 1 is 0.241 bits per heavy atom. The molecule has 0 heterocycles. The highest BCUT2D eigenvalue weighted by Gasteiger charge is 2.33. The van der Waals surface area contributed by atoms with Crippen LogP contribution in [0.3, 0.4) is 0 Å². The summed E-state index contributed by atoms with van der Waals surface area (Å²) < 4.78 is 22.0. The summed E-state index contributed by atoms with van der Waals surface area (Å²) >= 11 is 0. The van der Waals surface area contributed by atoms with E-state index >= 15 is 0 Å². The Kier molecular flexibility index (Phi) is 63.2. The highest BCUT2D eigenvalue weighted by Crippen LogP contribution is 2.28. The molecule has 0 aliphatic carbocycles. The number of ether oxygens (including phenoxy) is 3. The molecule has 1 aromatic rings. The molecule has 4 heteroatoms. The third-order valence-corrected chi connectivity index (χ3v) is 18.9. The normalized spacial score (nSPS) is 12.2. The first-order valence-electron chi connectivity index (χ1n) is 38.9. The first-order valence-corrected chi connectivity index (χ1v) is 38.9. The molecule has 0 fully saturated rings. The predicted octanol–water partition coefficient (Wildman–Crippen LogP) is 27.2. The van der Waals surface area contributed by atoms with Crippen molar-refractivity contribution in [3.63, 3.8) is 0 Å². The average Bonchev–Trinajstić information content (AvgIpc) is 3.50. The van der Waals surface area contributed by atoms with Gasteiger partial charge in [-0.15, -0.1) is 0 Å². The van der Waals surface area contributed by atoms with E-state index in [4.69, 9.17) is 14.2 Å². The minimum Gasteiger partial charge on any atom is -0.327 e. The van der Waals surface area contributed by atoms with Crippen molar-refractivity contribution in [2.75, 3.05) is 39.5 Å². The van der Waals surface area contributed by atoms with Crippen molar-refractivity contribution >= 4 is 0 Å². The van der Waals surface area contributed by atoms with Gasteiger partial charge in [-0.25, -0.2) is 0 Å². The maximum absolute atomic E-state index is 6.89. The van der Waals surface area contributed by atoms with Crippen LogP contribution < -0.4 is 0 Å². The molecule has 0 aromatic heterocycles. The smallest absolute Gasteiger partial charge is 0.282 e. The van der Waals surface area contributed by atoms with E-state index in [2.05, 4.69) is 65.0 Å². The molecule has 0 bridgehead atoms. The van der Waals surface area contributed by atoms with Crippen molar-refractivity contribution in [2.45, 2.75) is 432 Å². The zero-order valence-electron chi connectivity index (χ0n) is 57.9. The van der Waals surface area contributed by atoms with Gasteiger partial charge in [0.2, 0.25) is 0 Å². The summed E-state index contributed by atoms with van der Waals surface area (Å²) in [6.45, 7) is 19.3. The Morgan fingerprint density at radius 2 is 0.446 bits per heavy atom. The van der Waals surface area contributed by atoms with E-state index in [1.165, 1.54) is 384 Å². The van der Waals surface area contributed by atoms with Gasteiger partial charge in [-0.1, -0.05) is 380 Å². The second-order valence-corrected chi connectivity index (χ2v) is 27.2. The average molecular weight is 1170 g/mol. The summed E-state index contributed by atoms with van der Waals surface area (Å²) in [5, 5.41) is 0. The zero-order valence-corrected chi connectivity index (χ0v) is 57.9. The highest BCUT2D eigenvalue weighted by molar-refractivity contribution is 5.13. The van der Waals surface area contributed by atoms with E-state index in [9.17, 15) is 0 Å². The molecule has 4 nitrogen and oxygen atoms in total. The van der Waals surface area contributed by atoms with Gasteiger partial charge in [0.25, 0.3) is 5.97 Å². The summed E-state index contributed by atoms with van der Waals surface area (Å²) in [6, 6.07) is 11.6. The van der Waals surface area contributed by atoms with Crippen LogP contribution in [0.15, 0.2) is 30.3 Å². The Hall–Kier alpha value is -0.940. The molecule has 0 atom stereocenters. The fraction of sp³-hybridized carbons (Fsp3) is 0.924. The third-order valence-electron chi connectivity index (χ3n) is 18.9. The first-order chi connectivity index (χ1) is 41.1. The van der Waals surface area contributed by atoms with Gasteiger partial charge in [0.15, 0.2) is 0 Å². The van der Waals surface area contributed by atoms with Gasteiger partial charge in [0.1, 0.15) is 6.54 Å². The molecule has 0 saturated heterocycles. The molecule has 0 N–H and O–H groups in total.